The van der Waals surface area contributed by atoms with Crippen LogP contribution in [0.1, 0.15) is 42.5 Å². The molecule has 5 heteroatoms. The fourth-order valence-corrected chi connectivity index (χ4v) is 2.51. The molecule has 1 fully saturated rings. The molecular formula is C13H18N2O3. The van der Waals surface area contributed by atoms with Crippen molar-refractivity contribution in [2.45, 2.75) is 37.6 Å². The van der Waals surface area contributed by atoms with Gasteiger partial charge in [0.15, 0.2) is 0 Å². The van der Waals surface area contributed by atoms with Gasteiger partial charge in [0.2, 0.25) is 0 Å². The summed E-state index contributed by atoms with van der Waals surface area (Å²) in [5.41, 5.74) is 0.299. The van der Waals surface area contributed by atoms with Gasteiger partial charge in [-0.15, -0.1) is 0 Å². The molecule has 2 rings (SSSR count). The van der Waals surface area contributed by atoms with Crippen molar-refractivity contribution in [3.8, 4) is 0 Å². The van der Waals surface area contributed by atoms with Gasteiger partial charge >= 0.3 is 5.97 Å². The van der Waals surface area contributed by atoms with E-state index in [-0.39, 0.29) is 17.7 Å². The first-order chi connectivity index (χ1) is 8.67. The standard InChI is InChI=1S/C13H18N2O3/c16-9-13(5-2-1-3-6-13)15-11-4-7-14-8-10(11)12(17)18/h4,7-8,16H,1-3,5-6,9H2,(H,14,15)(H,17,18). The highest BCUT2D eigenvalue weighted by Gasteiger charge is 2.32. The summed E-state index contributed by atoms with van der Waals surface area (Å²) in [4.78, 5) is 14.9. The number of aliphatic hydroxyl groups excluding tert-OH is 1. The number of rotatable bonds is 4. The lowest BCUT2D eigenvalue weighted by atomic mass is 9.82. The summed E-state index contributed by atoms with van der Waals surface area (Å²) in [5.74, 6) is -1.01. The minimum Gasteiger partial charge on any atom is -0.478 e. The van der Waals surface area contributed by atoms with Crippen molar-refractivity contribution in [1.82, 2.24) is 4.98 Å². The highest BCUT2D eigenvalue weighted by atomic mass is 16.4. The molecule has 1 aliphatic rings. The molecule has 0 atom stereocenters. The normalized spacial score (nSPS) is 18.3. The Balaban J connectivity index is 2.24. The molecule has 0 aliphatic heterocycles. The molecular weight excluding hydrogens is 232 g/mol. The van der Waals surface area contributed by atoms with Crippen LogP contribution < -0.4 is 5.32 Å². The van der Waals surface area contributed by atoms with E-state index in [1.807, 2.05) is 0 Å². The lowest BCUT2D eigenvalue weighted by molar-refractivity contribution is 0.0697. The van der Waals surface area contributed by atoms with Crippen LogP contribution >= 0.6 is 0 Å². The smallest absolute Gasteiger partial charge is 0.339 e. The first-order valence-corrected chi connectivity index (χ1v) is 6.23. The molecule has 1 aliphatic carbocycles. The number of nitrogens with one attached hydrogen (secondary N) is 1. The number of hydrogen-bond donors (Lipinski definition) is 3. The van der Waals surface area contributed by atoms with E-state index in [0.29, 0.717) is 5.69 Å². The average Bonchev–Trinajstić information content (AvgIpc) is 2.40. The fourth-order valence-electron chi connectivity index (χ4n) is 2.51. The van der Waals surface area contributed by atoms with Crippen molar-refractivity contribution in [3.63, 3.8) is 0 Å². The van der Waals surface area contributed by atoms with E-state index >= 15 is 0 Å². The van der Waals surface area contributed by atoms with E-state index in [9.17, 15) is 9.90 Å². The van der Waals surface area contributed by atoms with Gasteiger partial charge in [-0.05, 0) is 18.9 Å². The van der Waals surface area contributed by atoms with Crippen molar-refractivity contribution < 1.29 is 15.0 Å². The maximum atomic E-state index is 11.1. The summed E-state index contributed by atoms with van der Waals surface area (Å²) in [6, 6.07) is 1.65. The molecule has 5 nitrogen and oxygen atoms in total. The van der Waals surface area contributed by atoms with Gasteiger partial charge in [0.1, 0.15) is 5.56 Å². The Hall–Kier alpha value is -1.62. The highest BCUT2D eigenvalue weighted by Crippen LogP contribution is 2.32. The number of anilines is 1. The molecule has 0 spiro atoms. The van der Waals surface area contributed by atoms with Gasteiger partial charge in [-0.2, -0.15) is 0 Å². The Bertz CT molecular complexity index is 428. The van der Waals surface area contributed by atoms with Gasteiger partial charge in [0, 0.05) is 12.4 Å². The van der Waals surface area contributed by atoms with Gasteiger partial charge in [0.25, 0.3) is 0 Å². The third-order valence-electron chi connectivity index (χ3n) is 3.56. The Kier molecular flexibility index (Phi) is 3.81. The van der Waals surface area contributed by atoms with E-state index in [1.165, 1.54) is 12.6 Å². The summed E-state index contributed by atoms with van der Waals surface area (Å²) < 4.78 is 0. The van der Waals surface area contributed by atoms with Crippen molar-refractivity contribution in [2.24, 2.45) is 0 Å². The van der Waals surface area contributed by atoms with Gasteiger partial charge in [-0.1, -0.05) is 19.3 Å². The Morgan fingerprint density at radius 2 is 2.11 bits per heavy atom. The Morgan fingerprint density at radius 1 is 1.39 bits per heavy atom. The largest absolute Gasteiger partial charge is 0.478 e. The molecule has 1 saturated carbocycles. The lowest BCUT2D eigenvalue weighted by Crippen LogP contribution is -2.44. The Labute approximate surface area is 106 Å². The van der Waals surface area contributed by atoms with E-state index in [4.69, 9.17) is 5.11 Å². The predicted molar refractivity (Wildman–Crippen MR) is 67.7 cm³/mol. The van der Waals surface area contributed by atoms with Gasteiger partial charge in [-0.25, -0.2) is 4.79 Å². The molecule has 98 valence electrons. The number of carbonyl (C=O) groups is 1. The Morgan fingerprint density at radius 3 is 2.72 bits per heavy atom. The van der Waals surface area contributed by atoms with Gasteiger partial charge in [-0.3, -0.25) is 4.98 Å². The van der Waals surface area contributed by atoms with Crippen LogP contribution in [-0.4, -0.2) is 33.3 Å². The highest BCUT2D eigenvalue weighted by molar-refractivity contribution is 5.93. The minimum atomic E-state index is -1.01. The van der Waals surface area contributed by atoms with Gasteiger partial charge in [0.05, 0.1) is 17.8 Å². The molecule has 3 N–H and O–H groups in total. The van der Waals surface area contributed by atoms with Crippen molar-refractivity contribution in [1.29, 1.82) is 0 Å². The van der Waals surface area contributed by atoms with Crippen LogP contribution in [0.25, 0.3) is 0 Å². The van der Waals surface area contributed by atoms with Crippen LogP contribution in [0, 0.1) is 0 Å². The fraction of sp³-hybridized carbons (Fsp3) is 0.538. The van der Waals surface area contributed by atoms with Crippen molar-refractivity contribution in [3.05, 3.63) is 24.0 Å². The number of aliphatic hydroxyl groups is 1. The maximum Gasteiger partial charge on any atom is 0.339 e. The summed E-state index contributed by atoms with van der Waals surface area (Å²) in [6.45, 7) is 0.0222. The van der Waals surface area contributed by atoms with E-state index in [0.717, 1.165) is 25.7 Å². The van der Waals surface area contributed by atoms with Crippen LogP contribution in [0.2, 0.25) is 0 Å². The average molecular weight is 250 g/mol. The zero-order chi connectivity index (χ0) is 13.0. The van der Waals surface area contributed by atoms with E-state index in [2.05, 4.69) is 10.3 Å². The van der Waals surface area contributed by atoms with Crippen LogP contribution in [0.4, 0.5) is 5.69 Å². The quantitative estimate of drug-likeness (QED) is 0.760. The number of nitrogens with zero attached hydrogens (tertiary/aromatic N) is 1. The number of carboxylic acids is 1. The molecule has 1 aromatic heterocycles. The molecule has 0 unspecified atom stereocenters. The van der Waals surface area contributed by atoms with Crippen LogP contribution in [0.3, 0.4) is 0 Å². The first-order valence-electron chi connectivity index (χ1n) is 6.23. The molecule has 0 amide bonds. The van der Waals surface area contributed by atoms with E-state index < -0.39 is 5.97 Å². The second-order valence-electron chi connectivity index (χ2n) is 4.85. The number of hydrogen-bond acceptors (Lipinski definition) is 4. The third-order valence-corrected chi connectivity index (χ3v) is 3.56. The monoisotopic (exact) mass is 250 g/mol. The zero-order valence-corrected chi connectivity index (χ0v) is 10.2. The molecule has 1 aromatic rings. The first kappa shape index (κ1) is 12.8. The summed E-state index contributed by atoms with van der Waals surface area (Å²) >= 11 is 0. The SMILES string of the molecule is O=C(O)c1cnccc1NC1(CO)CCCCC1. The number of aromatic carboxylic acids is 1. The minimum absolute atomic E-state index is 0.0222. The summed E-state index contributed by atoms with van der Waals surface area (Å²) in [6.07, 6.45) is 7.91. The van der Waals surface area contributed by atoms with Crippen LogP contribution in [0.15, 0.2) is 18.5 Å². The van der Waals surface area contributed by atoms with Gasteiger partial charge < -0.3 is 15.5 Å². The number of pyridine rings is 1. The molecule has 0 aromatic carbocycles. The number of aromatic nitrogens is 1. The zero-order valence-electron chi connectivity index (χ0n) is 10.2. The van der Waals surface area contributed by atoms with E-state index in [1.54, 1.807) is 12.3 Å². The molecule has 18 heavy (non-hydrogen) atoms. The summed E-state index contributed by atoms with van der Waals surface area (Å²) in [7, 11) is 0. The van der Waals surface area contributed by atoms with Crippen molar-refractivity contribution in [2.75, 3.05) is 11.9 Å². The molecule has 0 bridgehead atoms. The second kappa shape index (κ2) is 5.35. The summed E-state index contributed by atoms with van der Waals surface area (Å²) in [5, 5.41) is 21.9. The second-order valence-corrected chi connectivity index (χ2v) is 4.85. The molecule has 0 saturated heterocycles. The van der Waals surface area contributed by atoms with Crippen LogP contribution in [-0.2, 0) is 0 Å². The van der Waals surface area contributed by atoms with Crippen LogP contribution in [0.5, 0.6) is 0 Å². The maximum absolute atomic E-state index is 11.1. The van der Waals surface area contributed by atoms with Crippen molar-refractivity contribution >= 4 is 11.7 Å². The molecule has 0 radical (unpaired) electrons. The lowest BCUT2D eigenvalue weighted by Gasteiger charge is -2.37. The molecule has 1 heterocycles. The number of carboxylic acid groups (broad SMARTS) is 1. The topological polar surface area (TPSA) is 82.5 Å². The predicted octanol–water partition coefficient (Wildman–Crippen LogP) is 1.89. The third kappa shape index (κ3) is 2.61.